The Labute approximate surface area is 265 Å². The molecule has 7 nitrogen and oxygen atoms in total. The lowest BCUT2D eigenvalue weighted by atomic mass is 9.92. The first-order chi connectivity index (χ1) is 21.3. The van der Waals surface area contributed by atoms with Crippen LogP contribution in [0.15, 0.2) is 78.9 Å². The molecule has 8 heteroatoms. The van der Waals surface area contributed by atoms with E-state index < -0.39 is 23.9 Å². The summed E-state index contributed by atoms with van der Waals surface area (Å²) < 4.78 is 0. The summed E-state index contributed by atoms with van der Waals surface area (Å²) >= 11 is 6.35. The van der Waals surface area contributed by atoms with Gasteiger partial charge in [0.1, 0.15) is 6.04 Å². The second-order valence-corrected chi connectivity index (χ2v) is 12.0. The van der Waals surface area contributed by atoms with Crippen LogP contribution in [-0.4, -0.2) is 53.6 Å². The zero-order valence-corrected chi connectivity index (χ0v) is 26.3. The molecule has 0 radical (unpaired) electrons. The van der Waals surface area contributed by atoms with Crippen molar-refractivity contribution in [3.63, 3.8) is 0 Å². The van der Waals surface area contributed by atoms with Crippen molar-refractivity contribution in [2.24, 2.45) is 0 Å². The number of hydrogen-bond donors (Lipinski definition) is 2. The molecule has 0 aliphatic carbocycles. The molecule has 232 valence electrons. The number of rotatable bonds is 14. The predicted octanol–water partition coefficient (Wildman–Crippen LogP) is 6.56. The van der Waals surface area contributed by atoms with Crippen LogP contribution < -0.4 is 10.6 Å². The van der Waals surface area contributed by atoms with Crippen LogP contribution in [0.3, 0.4) is 0 Å². The second kappa shape index (κ2) is 16.2. The highest BCUT2D eigenvalue weighted by molar-refractivity contribution is 6.33. The van der Waals surface area contributed by atoms with Gasteiger partial charge in [-0.05, 0) is 60.9 Å². The Morgan fingerprint density at radius 2 is 1.50 bits per heavy atom. The van der Waals surface area contributed by atoms with Gasteiger partial charge in [0.15, 0.2) is 5.78 Å². The number of unbranched alkanes of at least 4 members (excludes halogenated alkanes) is 1. The van der Waals surface area contributed by atoms with E-state index in [9.17, 15) is 19.2 Å². The highest BCUT2D eigenvalue weighted by atomic mass is 35.5. The molecule has 0 bridgehead atoms. The molecule has 1 aliphatic rings. The molecule has 1 fully saturated rings. The highest BCUT2D eigenvalue weighted by Gasteiger charge is 2.30. The number of nitrogens with one attached hydrogen (secondary N) is 2. The van der Waals surface area contributed by atoms with Crippen LogP contribution in [0, 0.1) is 0 Å². The maximum Gasteiger partial charge on any atom is 0.251 e. The van der Waals surface area contributed by atoms with Gasteiger partial charge >= 0.3 is 0 Å². The number of carbonyl (C=O) groups is 4. The van der Waals surface area contributed by atoms with E-state index in [1.54, 1.807) is 17.0 Å². The van der Waals surface area contributed by atoms with Crippen LogP contribution in [-0.2, 0) is 14.4 Å². The molecule has 1 aliphatic heterocycles. The summed E-state index contributed by atoms with van der Waals surface area (Å²) in [6, 6.07) is 22.7. The summed E-state index contributed by atoms with van der Waals surface area (Å²) in [6.45, 7) is 5.36. The average Bonchev–Trinajstić information content (AvgIpc) is 3.59. The van der Waals surface area contributed by atoms with Crippen molar-refractivity contribution < 1.29 is 19.2 Å². The molecule has 4 rings (SSSR count). The zero-order chi connectivity index (χ0) is 31.5. The number of amides is 3. The predicted molar refractivity (Wildman–Crippen MR) is 175 cm³/mol. The summed E-state index contributed by atoms with van der Waals surface area (Å²) in [5.41, 5.74) is 3.18. The number of ketones is 1. The van der Waals surface area contributed by atoms with E-state index in [4.69, 9.17) is 11.6 Å². The average molecular weight is 616 g/mol. The van der Waals surface area contributed by atoms with Gasteiger partial charge in [0.2, 0.25) is 11.8 Å². The van der Waals surface area contributed by atoms with Crippen LogP contribution in [0.4, 0.5) is 0 Å². The van der Waals surface area contributed by atoms with E-state index in [2.05, 4.69) is 10.6 Å². The fourth-order valence-electron chi connectivity index (χ4n) is 5.59. The lowest BCUT2D eigenvalue weighted by molar-refractivity contribution is -0.137. The van der Waals surface area contributed by atoms with Crippen LogP contribution in [0.1, 0.15) is 80.6 Å². The van der Waals surface area contributed by atoms with Crippen LogP contribution in [0.25, 0.3) is 11.1 Å². The van der Waals surface area contributed by atoms with Gasteiger partial charge in [-0.25, -0.2) is 0 Å². The summed E-state index contributed by atoms with van der Waals surface area (Å²) in [5.74, 6) is -1.35. The topological polar surface area (TPSA) is 95.6 Å². The third-order valence-electron chi connectivity index (χ3n) is 8.25. The summed E-state index contributed by atoms with van der Waals surface area (Å²) in [5, 5.41) is 6.45. The molecule has 0 saturated carbocycles. The molecular weight excluding hydrogens is 574 g/mol. The summed E-state index contributed by atoms with van der Waals surface area (Å²) in [6.07, 6.45) is 4.00. The quantitative estimate of drug-likeness (QED) is 0.201. The molecular formula is C36H42ClN3O4. The largest absolute Gasteiger partial charge is 0.344 e. The van der Waals surface area contributed by atoms with E-state index >= 15 is 0 Å². The zero-order valence-electron chi connectivity index (χ0n) is 25.6. The third-order valence-corrected chi connectivity index (χ3v) is 8.58. The Morgan fingerprint density at radius 1 is 0.841 bits per heavy atom. The van der Waals surface area contributed by atoms with Gasteiger partial charge in [-0.2, -0.15) is 0 Å². The van der Waals surface area contributed by atoms with Crippen molar-refractivity contribution in [1.29, 1.82) is 0 Å². The van der Waals surface area contributed by atoms with E-state index in [0.29, 0.717) is 36.5 Å². The number of Topliss-reactive ketones (excluding diaryl/α,β-unsaturated/α-hetero) is 1. The minimum Gasteiger partial charge on any atom is -0.344 e. The van der Waals surface area contributed by atoms with Crippen molar-refractivity contribution in [1.82, 2.24) is 15.5 Å². The number of carbonyl (C=O) groups excluding carboxylic acids is 4. The van der Waals surface area contributed by atoms with Crippen LogP contribution in [0.2, 0.25) is 5.02 Å². The molecule has 2 unspecified atom stereocenters. The third kappa shape index (κ3) is 9.02. The van der Waals surface area contributed by atoms with Crippen molar-refractivity contribution in [2.75, 3.05) is 13.1 Å². The van der Waals surface area contributed by atoms with Crippen molar-refractivity contribution in [3.8, 4) is 11.1 Å². The van der Waals surface area contributed by atoms with Gasteiger partial charge < -0.3 is 15.5 Å². The van der Waals surface area contributed by atoms with Crippen LogP contribution >= 0.6 is 11.6 Å². The molecule has 3 atom stereocenters. The minimum atomic E-state index is -0.896. The fraction of sp³-hybridized carbons (Fsp3) is 0.389. The fourth-order valence-corrected chi connectivity index (χ4v) is 5.83. The van der Waals surface area contributed by atoms with Crippen molar-refractivity contribution in [2.45, 2.75) is 76.8 Å². The number of halogens is 1. The number of nitrogens with zero attached hydrogens (tertiary/aromatic N) is 1. The summed E-state index contributed by atoms with van der Waals surface area (Å²) in [4.78, 5) is 54.9. The van der Waals surface area contributed by atoms with E-state index in [-0.39, 0.29) is 24.0 Å². The van der Waals surface area contributed by atoms with Gasteiger partial charge in [-0.15, -0.1) is 0 Å². The Balaban J connectivity index is 1.50. The molecule has 2 N–H and O–H groups in total. The lowest BCUT2D eigenvalue weighted by Crippen LogP contribution is -2.52. The van der Waals surface area contributed by atoms with E-state index in [1.807, 2.05) is 80.6 Å². The SMILES string of the molecule is CCCC[C@H](NC(=O)C(CC(C)c1ccccc1)NC(=O)c1ccc(-c2ccccc2Cl)cc1)C(=O)CC(=O)N1CCCC1. The van der Waals surface area contributed by atoms with Gasteiger partial charge in [0.05, 0.1) is 12.5 Å². The minimum absolute atomic E-state index is 0.0450. The molecule has 3 aromatic carbocycles. The first-order valence-corrected chi connectivity index (χ1v) is 16.0. The number of likely N-dealkylation sites (tertiary alicyclic amines) is 1. The first-order valence-electron chi connectivity index (χ1n) is 15.6. The Hall–Kier alpha value is -3.97. The second-order valence-electron chi connectivity index (χ2n) is 11.6. The smallest absolute Gasteiger partial charge is 0.251 e. The molecule has 44 heavy (non-hydrogen) atoms. The monoisotopic (exact) mass is 615 g/mol. The number of benzene rings is 3. The van der Waals surface area contributed by atoms with Crippen molar-refractivity contribution in [3.05, 3.63) is 95.0 Å². The Morgan fingerprint density at radius 3 is 2.16 bits per heavy atom. The standard InChI is InChI=1S/C36H42ClN3O4/c1-3-4-16-31(33(41)24-34(42)40-21-10-11-22-40)38-36(44)32(23-25(2)26-12-6-5-7-13-26)39-35(43)28-19-17-27(18-20-28)29-14-8-9-15-30(29)37/h5-9,12-15,17-20,25,31-32H,3-4,10-11,16,21-24H2,1-2H3,(H,38,44)(H,39,43)/t25?,31-,32?/m0/s1. The molecule has 0 aromatic heterocycles. The van der Waals surface area contributed by atoms with E-state index in [1.165, 1.54) is 0 Å². The van der Waals surface area contributed by atoms with Gasteiger partial charge in [0.25, 0.3) is 5.91 Å². The van der Waals surface area contributed by atoms with E-state index in [0.717, 1.165) is 42.4 Å². The summed E-state index contributed by atoms with van der Waals surface area (Å²) in [7, 11) is 0. The van der Waals surface area contributed by atoms with Crippen LogP contribution in [0.5, 0.6) is 0 Å². The normalized spacial score (nSPS) is 14.8. The Bertz CT molecular complexity index is 1420. The molecule has 0 spiro atoms. The maximum absolute atomic E-state index is 13.8. The lowest BCUT2D eigenvalue weighted by Gasteiger charge is -2.25. The molecule has 1 heterocycles. The Kier molecular flexibility index (Phi) is 12.1. The first kappa shape index (κ1) is 32.9. The number of hydrogen-bond acceptors (Lipinski definition) is 4. The molecule has 3 aromatic rings. The van der Waals surface area contributed by atoms with Gasteiger partial charge in [-0.3, -0.25) is 19.2 Å². The van der Waals surface area contributed by atoms with Crippen molar-refractivity contribution >= 4 is 35.1 Å². The maximum atomic E-state index is 13.8. The van der Waals surface area contributed by atoms with Gasteiger partial charge in [0, 0.05) is 29.2 Å². The van der Waals surface area contributed by atoms with Gasteiger partial charge in [-0.1, -0.05) is 99.0 Å². The molecule has 3 amide bonds. The highest BCUT2D eigenvalue weighted by Crippen LogP contribution is 2.28. The molecule has 1 saturated heterocycles.